The molecule has 0 aliphatic carbocycles. The summed E-state index contributed by atoms with van der Waals surface area (Å²) in [6, 6.07) is 15.3. The molecule has 4 fully saturated rings. The zero-order valence-corrected chi connectivity index (χ0v) is 51.4. The molecule has 2 unspecified atom stereocenters. The lowest BCUT2D eigenvalue weighted by atomic mass is 9.99. The molecule has 0 bridgehead atoms. The number of unbranched alkanes of at least 4 members (excludes halogenated alkanes) is 2. The summed E-state index contributed by atoms with van der Waals surface area (Å²) in [5.41, 5.74) is 4.02. The number of fused-ring (bicyclic) bond motifs is 2. The van der Waals surface area contributed by atoms with Crippen LogP contribution in [0.4, 0.5) is 0 Å². The number of aliphatic hydroxyl groups excluding tert-OH is 5. The number of nitrogens with one attached hydrogen (secondary N) is 7. The molecule has 4 saturated heterocycles. The van der Waals surface area contributed by atoms with Gasteiger partial charge in [-0.05, 0) is 117 Å². The van der Waals surface area contributed by atoms with E-state index in [2.05, 4.69) is 49.0 Å². The predicted molar refractivity (Wildman–Crippen MR) is 331 cm³/mol. The van der Waals surface area contributed by atoms with Gasteiger partial charge in [-0.3, -0.25) is 38.4 Å². The highest BCUT2D eigenvalue weighted by atomic mass is 16.5. The largest absolute Gasteiger partial charge is 0.508 e. The number of ether oxygens (including phenoxy) is 1. The molecule has 90 heavy (non-hydrogen) atoms. The number of aromatic hydroxyl groups is 1. The molecule has 0 radical (unpaired) electrons. The lowest BCUT2D eigenvalue weighted by Crippen LogP contribution is -2.65. The van der Waals surface area contributed by atoms with Crippen LogP contribution in [-0.2, 0) is 40.0 Å². The second-order valence-corrected chi connectivity index (χ2v) is 24.2. The first-order valence-corrected chi connectivity index (χ1v) is 30.9. The van der Waals surface area contributed by atoms with Gasteiger partial charge in [-0.2, -0.15) is 0 Å². The number of carbonyl (C=O) groups excluding carboxylic acids is 8. The standard InChI is InChI=1S/C65H86N10O15/c1-6-7-8-29-90-48-23-19-43(20-24-48)41-13-11-40(12-14-41)42-15-17-44(18-16-42)58(82)68-50-33-67-59(83)49(32-66-45-25-27-73(5)28-26-45)69-63(87)56-57(81)36(2)34-75(56)65(89)54(38(4)77)71-62(86)55(52(80)30-39-9-21-46(78)22-10-39)72-61(85)51-31-47(79)35-74(51)64(88)53(37(3)76)70-60(50)84/h9-24,36-38,45,47,49-57,66,76-81H,6-8,25-35H2,1-5H3,(H,67,83)(H,68,82)(H,69,87)(H,70,84)(H,71,86)(H,72,85)/t36-,37?,38?,47+,49-,50-,51-,52+,53-,54-,55-,56-,57-/m0/s1. The van der Waals surface area contributed by atoms with Gasteiger partial charge in [0, 0.05) is 56.5 Å². The van der Waals surface area contributed by atoms with Crippen LogP contribution in [0.5, 0.6) is 11.5 Å². The van der Waals surface area contributed by atoms with E-state index >= 15 is 0 Å². The first-order valence-electron chi connectivity index (χ1n) is 30.9. The number of rotatable bonds is 17. The molecular weight excluding hydrogens is 1160 g/mol. The Labute approximate surface area is 523 Å². The normalized spacial score (nSPS) is 26.5. The SMILES string of the molecule is CCCCCOc1ccc(-c2ccc(-c3ccc(C(=O)N[C@H]4CNC(=O)[C@H](CNC5CCN(C)CC5)NC(=O)[C@@H]5[C@@H](O)[C@@H](C)CN5C(=O)[C@H](C(C)O)NC(=O)[C@H]([C@H](O)Cc5ccc(O)cc5)NC(=O)[C@@H]5C[C@@H](O)CN5C(=O)[C@H](C(C)O)NC4=O)cc3)cc2)cc1. The van der Waals surface area contributed by atoms with E-state index in [0.29, 0.717) is 25.0 Å². The van der Waals surface area contributed by atoms with Crippen LogP contribution >= 0.6 is 0 Å². The molecule has 0 saturated carbocycles. The van der Waals surface area contributed by atoms with Gasteiger partial charge in [-0.15, -0.1) is 0 Å². The summed E-state index contributed by atoms with van der Waals surface area (Å²) in [4.78, 5) is 121. The van der Waals surface area contributed by atoms with Gasteiger partial charge in [0.2, 0.25) is 41.4 Å². The van der Waals surface area contributed by atoms with E-state index in [4.69, 9.17) is 4.74 Å². The number of carbonyl (C=O) groups is 8. The highest BCUT2D eigenvalue weighted by Crippen LogP contribution is 2.29. The molecule has 4 heterocycles. The monoisotopic (exact) mass is 1250 g/mol. The number of hydrogen-bond acceptors (Lipinski definition) is 17. The number of piperidine rings is 1. The fraction of sp³-hybridized carbons (Fsp3) is 0.508. The zero-order chi connectivity index (χ0) is 64.9. The molecule has 4 aromatic rings. The number of likely N-dealkylation sites (tertiary alicyclic amines) is 1. The molecule has 486 valence electrons. The van der Waals surface area contributed by atoms with Gasteiger partial charge in [0.1, 0.15) is 53.8 Å². The number of nitrogens with zero attached hydrogens (tertiary/aromatic N) is 3. The van der Waals surface area contributed by atoms with Crippen LogP contribution in [0.1, 0.15) is 82.1 Å². The maximum Gasteiger partial charge on any atom is 0.251 e. The topological polar surface area (TPSA) is 361 Å². The summed E-state index contributed by atoms with van der Waals surface area (Å²) in [5, 5.41) is 85.5. The Balaban J connectivity index is 1.10. The van der Waals surface area contributed by atoms with Crippen molar-refractivity contribution in [1.82, 2.24) is 51.9 Å². The average Bonchev–Trinajstić information content (AvgIpc) is 4.10. The summed E-state index contributed by atoms with van der Waals surface area (Å²) in [6.45, 7) is 6.49. The minimum absolute atomic E-state index is 0.0848. The Hall–Kier alpha value is -8.04. The number of phenols is 1. The molecule has 8 rings (SSSR count). The van der Waals surface area contributed by atoms with Gasteiger partial charge < -0.3 is 87.3 Å². The van der Waals surface area contributed by atoms with Crippen LogP contribution in [-0.4, -0.2) is 224 Å². The van der Waals surface area contributed by atoms with Crippen LogP contribution in [0, 0.1) is 5.92 Å². The lowest BCUT2D eigenvalue weighted by Gasteiger charge is -2.34. The Morgan fingerprint density at radius 3 is 1.81 bits per heavy atom. The van der Waals surface area contributed by atoms with E-state index in [1.165, 1.54) is 50.2 Å². The smallest absolute Gasteiger partial charge is 0.251 e. The fourth-order valence-electron chi connectivity index (χ4n) is 11.8. The molecule has 13 N–H and O–H groups in total. The summed E-state index contributed by atoms with van der Waals surface area (Å²) in [7, 11) is 1.97. The van der Waals surface area contributed by atoms with Gasteiger partial charge in [0.15, 0.2) is 0 Å². The van der Waals surface area contributed by atoms with E-state index in [9.17, 15) is 69.0 Å². The molecule has 13 atom stereocenters. The van der Waals surface area contributed by atoms with Crippen molar-refractivity contribution >= 4 is 47.3 Å². The van der Waals surface area contributed by atoms with E-state index in [1.54, 1.807) is 19.1 Å². The first-order chi connectivity index (χ1) is 43.0. The van der Waals surface area contributed by atoms with Crippen molar-refractivity contribution in [3.63, 3.8) is 0 Å². The minimum Gasteiger partial charge on any atom is -0.508 e. The summed E-state index contributed by atoms with van der Waals surface area (Å²) in [6.07, 6.45) is -4.37. The van der Waals surface area contributed by atoms with Crippen molar-refractivity contribution < 1.29 is 73.7 Å². The second-order valence-electron chi connectivity index (χ2n) is 24.2. The lowest BCUT2D eigenvalue weighted by molar-refractivity contribution is -0.147. The molecular formula is C65H86N10O15. The number of amides is 8. The number of phenolic OH excluding ortho intramolecular Hbond substituents is 1. The van der Waals surface area contributed by atoms with E-state index in [-0.39, 0.29) is 36.9 Å². The van der Waals surface area contributed by atoms with Gasteiger partial charge in [-0.1, -0.05) is 87.4 Å². The quantitative estimate of drug-likeness (QED) is 0.0603. The van der Waals surface area contributed by atoms with Crippen molar-refractivity contribution in [2.75, 3.05) is 52.9 Å². The fourth-order valence-corrected chi connectivity index (χ4v) is 11.8. The predicted octanol–water partition coefficient (Wildman–Crippen LogP) is -0.319. The van der Waals surface area contributed by atoms with Crippen LogP contribution in [0.2, 0.25) is 0 Å². The Kier molecular flexibility index (Phi) is 23.5. The van der Waals surface area contributed by atoms with Crippen LogP contribution < -0.4 is 42.0 Å². The van der Waals surface area contributed by atoms with Crippen molar-refractivity contribution in [3.05, 3.63) is 108 Å². The zero-order valence-electron chi connectivity index (χ0n) is 51.4. The third kappa shape index (κ3) is 17.3. The second kappa shape index (κ2) is 31.1. The average molecular weight is 1250 g/mol. The van der Waals surface area contributed by atoms with Crippen molar-refractivity contribution in [2.24, 2.45) is 5.92 Å². The molecule has 25 heteroatoms. The third-order valence-electron chi connectivity index (χ3n) is 17.2. The molecule has 8 amide bonds. The molecule has 4 aliphatic rings. The van der Waals surface area contributed by atoms with Gasteiger partial charge in [0.25, 0.3) is 5.91 Å². The number of aliphatic hydroxyl groups is 5. The van der Waals surface area contributed by atoms with Crippen molar-refractivity contribution in [2.45, 2.75) is 151 Å². The number of hydrogen-bond donors (Lipinski definition) is 13. The van der Waals surface area contributed by atoms with Gasteiger partial charge >= 0.3 is 0 Å². The van der Waals surface area contributed by atoms with Crippen molar-refractivity contribution in [1.29, 1.82) is 0 Å². The van der Waals surface area contributed by atoms with Gasteiger partial charge in [-0.25, -0.2) is 0 Å². The first kappa shape index (κ1) is 67.9. The Bertz CT molecular complexity index is 3130. The Morgan fingerprint density at radius 2 is 1.22 bits per heavy atom. The van der Waals surface area contributed by atoms with E-state index in [0.717, 1.165) is 70.2 Å². The maximum atomic E-state index is 14.7. The van der Waals surface area contributed by atoms with E-state index in [1.807, 2.05) is 55.6 Å². The highest BCUT2D eigenvalue weighted by molar-refractivity contribution is 6.01. The highest BCUT2D eigenvalue weighted by Gasteiger charge is 2.50. The Morgan fingerprint density at radius 1 is 0.667 bits per heavy atom. The van der Waals surface area contributed by atoms with Crippen molar-refractivity contribution in [3.8, 4) is 33.8 Å². The molecule has 0 aromatic heterocycles. The molecule has 0 spiro atoms. The third-order valence-corrected chi connectivity index (χ3v) is 17.2. The molecule has 4 aromatic carbocycles. The molecule has 4 aliphatic heterocycles. The van der Waals surface area contributed by atoms with Crippen LogP contribution in [0.15, 0.2) is 97.1 Å². The van der Waals surface area contributed by atoms with Crippen LogP contribution in [0.25, 0.3) is 22.3 Å². The summed E-state index contributed by atoms with van der Waals surface area (Å²) < 4.78 is 5.88. The maximum absolute atomic E-state index is 14.7. The minimum atomic E-state index is -1.97. The molecule has 25 nitrogen and oxygen atoms in total. The van der Waals surface area contributed by atoms with Gasteiger partial charge in [0.05, 0.1) is 37.1 Å². The summed E-state index contributed by atoms with van der Waals surface area (Å²) in [5.74, 6) is -8.33. The van der Waals surface area contributed by atoms with Crippen LogP contribution in [0.3, 0.4) is 0 Å². The van der Waals surface area contributed by atoms with E-state index < -0.39 is 145 Å². The summed E-state index contributed by atoms with van der Waals surface area (Å²) >= 11 is 0. The number of benzene rings is 4.